The first kappa shape index (κ1) is 13.3. The zero-order valence-electron chi connectivity index (χ0n) is 9.17. The van der Waals surface area contributed by atoms with Gasteiger partial charge in [0.25, 0.3) is 0 Å². The quantitative estimate of drug-likeness (QED) is 0.814. The summed E-state index contributed by atoms with van der Waals surface area (Å²) < 4.78 is 26.2. The van der Waals surface area contributed by atoms with Crippen molar-refractivity contribution < 1.29 is 8.42 Å². The minimum absolute atomic E-state index is 0.0308. The van der Waals surface area contributed by atoms with Crippen LogP contribution in [0.25, 0.3) is 0 Å². The average Bonchev–Trinajstić information content (AvgIpc) is 2.26. The first-order valence-electron chi connectivity index (χ1n) is 4.69. The van der Waals surface area contributed by atoms with Crippen molar-refractivity contribution in [3.05, 3.63) is 18.5 Å². The van der Waals surface area contributed by atoms with E-state index in [-0.39, 0.29) is 15.8 Å². The fourth-order valence-corrected chi connectivity index (χ4v) is 2.56. The fraction of sp³-hybridized carbons (Fsp3) is 0.444. The van der Waals surface area contributed by atoms with Crippen LogP contribution in [0.5, 0.6) is 0 Å². The van der Waals surface area contributed by atoms with Gasteiger partial charge in [0, 0.05) is 24.2 Å². The Hall–Kier alpha value is -0.790. The fourth-order valence-electron chi connectivity index (χ4n) is 1.00. The van der Waals surface area contributed by atoms with Crippen molar-refractivity contribution in [3.63, 3.8) is 0 Å². The molecule has 0 aromatic carbocycles. The van der Waals surface area contributed by atoms with Crippen LogP contribution in [-0.4, -0.2) is 31.5 Å². The lowest BCUT2D eigenvalue weighted by Crippen LogP contribution is -2.30. The zero-order chi connectivity index (χ0) is 12.2. The van der Waals surface area contributed by atoms with E-state index in [9.17, 15) is 8.42 Å². The molecule has 0 saturated heterocycles. The number of nitrogens with two attached hydrogens (primary N) is 1. The second kappa shape index (κ2) is 5.51. The minimum atomic E-state index is -3.55. The SMILES string of the molecule is CSC(C)CNS(=O)(=O)c1cnccc1N. The highest BCUT2D eigenvalue weighted by atomic mass is 32.2. The maximum atomic E-state index is 11.8. The van der Waals surface area contributed by atoms with Gasteiger partial charge in [0.15, 0.2) is 0 Å². The summed E-state index contributed by atoms with van der Waals surface area (Å²) in [5.74, 6) is 0. The number of nitrogens with zero attached hydrogens (tertiary/aromatic N) is 1. The zero-order valence-corrected chi connectivity index (χ0v) is 10.8. The van der Waals surface area contributed by atoms with Gasteiger partial charge in [0.2, 0.25) is 10.0 Å². The Morgan fingerprint density at radius 3 is 2.88 bits per heavy atom. The summed E-state index contributed by atoms with van der Waals surface area (Å²) in [4.78, 5) is 3.79. The van der Waals surface area contributed by atoms with Gasteiger partial charge in [-0.3, -0.25) is 4.98 Å². The van der Waals surface area contributed by atoms with Crippen LogP contribution in [0.2, 0.25) is 0 Å². The van der Waals surface area contributed by atoms with E-state index in [0.717, 1.165) is 0 Å². The summed E-state index contributed by atoms with van der Waals surface area (Å²) in [5, 5.41) is 0.215. The molecule has 5 nitrogen and oxygen atoms in total. The standard InChI is InChI=1S/C9H15N3O2S2/c1-7(15-2)5-12-16(13,14)9-6-11-4-3-8(9)10/h3-4,6-7,12H,5H2,1-2H3,(H2,10,11). The van der Waals surface area contributed by atoms with Crippen LogP contribution in [0.15, 0.2) is 23.4 Å². The van der Waals surface area contributed by atoms with Crippen molar-refractivity contribution in [1.29, 1.82) is 0 Å². The van der Waals surface area contributed by atoms with Gasteiger partial charge >= 0.3 is 0 Å². The van der Waals surface area contributed by atoms with Gasteiger partial charge in [-0.2, -0.15) is 11.8 Å². The number of rotatable bonds is 5. The number of anilines is 1. The molecule has 16 heavy (non-hydrogen) atoms. The van der Waals surface area contributed by atoms with E-state index in [1.54, 1.807) is 11.8 Å². The van der Waals surface area contributed by atoms with Crippen molar-refractivity contribution in [3.8, 4) is 0 Å². The number of hydrogen-bond donors (Lipinski definition) is 2. The molecule has 0 aliphatic heterocycles. The number of nitrogen functional groups attached to an aromatic ring is 1. The molecular weight excluding hydrogens is 246 g/mol. The molecule has 0 bridgehead atoms. The summed E-state index contributed by atoms with van der Waals surface area (Å²) in [6.07, 6.45) is 4.64. The van der Waals surface area contributed by atoms with Crippen LogP contribution in [0, 0.1) is 0 Å². The summed E-state index contributed by atoms with van der Waals surface area (Å²) in [6.45, 7) is 2.32. The molecule has 90 valence electrons. The topological polar surface area (TPSA) is 85.1 Å². The summed E-state index contributed by atoms with van der Waals surface area (Å²) >= 11 is 1.59. The molecule has 0 saturated carbocycles. The Kier molecular flexibility index (Phi) is 4.57. The first-order chi connectivity index (χ1) is 7.47. The molecular formula is C9H15N3O2S2. The van der Waals surface area contributed by atoms with E-state index in [0.29, 0.717) is 6.54 Å². The van der Waals surface area contributed by atoms with Gasteiger partial charge in [-0.15, -0.1) is 0 Å². The third-order valence-electron chi connectivity index (χ3n) is 2.07. The van der Waals surface area contributed by atoms with Crippen LogP contribution in [0.3, 0.4) is 0 Å². The van der Waals surface area contributed by atoms with Crippen LogP contribution < -0.4 is 10.5 Å². The molecule has 1 unspecified atom stereocenters. The predicted octanol–water partition coefficient (Wildman–Crippen LogP) is 0.694. The van der Waals surface area contributed by atoms with Gasteiger partial charge in [-0.05, 0) is 12.3 Å². The van der Waals surface area contributed by atoms with Gasteiger partial charge < -0.3 is 5.73 Å². The smallest absolute Gasteiger partial charge is 0.244 e. The maximum Gasteiger partial charge on any atom is 0.244 e. The molecule has 0 spiro atoms. The Balaban J connectivity index is 2.83. The third-order valence-corrected chi connectivity index (χ3v) is 4.51. The van der Waals surface area contributed by atoms with E-state index >= 15 is 0 Å². The number of hydrogen-bond acceptors (Lipinski definition) is 5. The number of pyridine rings is 1. The number of nitrogens with one attached hydrogen (secondary N) is 1. The van der Waals surface area contributed by atoms with E-state index in [1.807, 2.05) is 13.2 Å². The first-order valence-corrected chi connectivity index (χ1v) is 7.46. The molecule has 7 heteroatoms. The van der Waals surface area contributed by atoms with Crippen molar-refractivity contribution in [2.45, 2.75) is 17.1 Å². The van der Waals surface area contributed by atoms with Crippen molar-refractivity contribution in [1.82, 2.24) is 9.71 Å². The highest BCUT2D eigenvalue weighted by Gasteiger charge is 2.17. The van der Waals surface area contributed by atoms with Gasteiger partial charge in [0.1, 0.15) is 4.90 Å². The molecule has 1 atom stereocenters. The van der Waals surface area contributed by atoms with Crippen LogP contribution in [0.4, 0.5) is 5.69 Å². The van der Waals surface area contributed by atoms with E-state index in [2.05, 4.69) is 9.71 Å². The van der Waals surface area contributed by atoms with Crippen molar-refractivity contribution in [2.75, 3.05) is 18.5 Å². The molecule has 3 N–H and O–H groups in total. The lowest BCUT2D eigenvalue weighted by molar-refractivity contribution is 0.581. The molecule has 0 radical (unpaired) electrons. The third kappa shape index (κ3) is 3.36. The Labute approximate surface area is 99.9 Å². The Morgan fingerprint density at radius 1 is 1.62 bits per heavy atom. The maximum absolute atomic E-state index is 11.8. The number of sulfonamides is 1. The van der Waals surface area contributed by atoms with Crippen LogP contribution in [-0.2, 0) is 10.0 Å². The molecule has 0 aliphatic carbocycles. The lowest BCUT2D eigenvalue weighted by atomic mass is 10.4. The van der Waals surface area contributed by atoms with Gasteiger partial charge in [0.05, 0.1) is 5.69 Å². The predicted molar refractivity (Wildman–Crippen MR) is 66.8 cm³/mol. The van der Waals surface area contributed by atoms with Gasteiger partial charge in [-0.1, -0.05) is 6.92 Å². The molecule has 1 aromatic heterocycles. The van der Waals surface area contributed by atoms with Crippen molar-refractivity contribution in [2.24, 2.45) is 0 Å². The highest BCUT2D eigenvalue weighted by molar-refractivity contribution is 7.99. The van der Waals surface area contributed by atoms with Crippen LogP contribution >= 0.6 is 11.8 Å². The monoisotopic (exact) mass is 261 g/mol. The molecule has 1 rings (SSSR count). The molecule has 1 heterocycles. The molecule has 0 aliphatic rings. The second-order valence-corrected chi connectivity index (χ2v) is 6.32. The highest BCUT2D eigenvalue weighted by Crippen LogP contribution is 2.15. The van der Waals surface area contributed by atoms with Crippen molar-refractivity contribution >= 4 is 27.5 Å². The normalized spacial score (nSPS) is 13.6. The average molecular weight is 261 g/mol. The molecule has 0 amide bonds. The minimum Gasteiger partial charge on any atom is -0.398 e. The van der Waals surface area contributed by atoms with E-state index in [1.165, 1.54) is 18.5 Å². The Morgan fingerprint density at radius 2 is 2.31 bits per heavy atom. The summed E-state index contributed by atoms with van der Waals surface area (Å²) in [5.41, 5.74) is 5.79. The van der Waals surface area contributed by atoms with Gasteiger partial charge in [-0.25, -0.2) is 13.1 Å². The second-order valence-electron chi connectivity index (χ2n) is 3.31. The summed E-state index contributed by atoms with van der Waals surface area (Å²) in [7, 11) is -3.55. The molecule has 1 aromatic rings. The largest absolute Gasteiger partial charge is 0.398 e. The van der Waals surface area contributed by atoms with E-state index in [4.69, 9.17) is 5.73 Å². The molecule has 0 fully saturated rings. The Bertz CT molecular complexity index is 448. The lowest BCUT2D eigenvalue weighted by Gasteiger charge is -2.11. The summed E-state index contributed by atoms with van der Waals surface area (Å²) in [6, 6.07) is 1.46. The van der Waals surface area contributed by atoms with E-state index < -0.39 is 10.0 Å². The number of aromatic nitrogens is 1. The number of thioether (sulfide) groups is 1. The van der Waals surface area contributed by atoms with Crippen LogP contribution in [0.1, 0.15) is 6.92 Å².